The number of ether oxygens (including phenoxy) is 4. The third-order valence-corrected chi connectivity index (χ3v) is 8.89. The SMILES string of the molecule is CC(C)CN(C[C@@H](N)[C@H](Cc1ccccc1)NC(=O)O[C@H]1CO[C@H]2OCC[C@H]21)S(=O)(=O)c1ccc(OC(F)(F)F)cc1. The first kappa shape index (κ1) is 32.0. The molecule has 2 saturated heterocycles. The number of hydrogen-bond donors (Lipinski definition) is 2. The van der Waals surface area contributed by atoms with Gasteiger partial charge >= 0.3 is 12.5 Å². The quantitative estimate of drug-likeness (QED) is 0.370. The molecule has 2 aromatic rings. The van der Waals surface area contributed by atoms with Crippen molar-refractivity contribution in [1.82, 2.24) is 9.62 Å². The molecule has 2 heterocycles. The van der Waals surface area contributed by atoms with E-state index in [-0.39, 0.29) is 36.4 Å². The predicted molar refractivity (Wildman–Crippen MR) is 146 cm³/mol. The maximum Gasteiger partial charge on any atom is 0.573 e. The molecule has 14 heteroatoms. The first-order chi connectivity index (χ1) is 19.8. The van der Waals surface area contributed by atoms with Crippen LogP contribution in [0.3, 0.4) is 0 Å². The smallest absolute Gasteiger partial charge is 0.443 e. The second-order valence-electron chi connectivity index (χ2n) is 10.8. The summed E-state index contributed by atoms with van der Waals surface area (Å²) in [6.07, 6.45) is -5.47. The minimum absolute atomic E-state index is 0.0587. The lowest BCUT2D eigenvalue weighted by atomic mass is 9.99. The fourth-order valence-electron chi connectivity index (χ4n) is 5.05. The Hall–Kier alpha value is -2.91. The van der Waals surface area contributed by atoms with Gasteiger partial charge in [-0.1, -0.05) is 44.2 Å². The van der Waals surface area contributed by atoms with Crippen LogP contribution in [0.5, 0.6) is 5.75 Å². The zero-order valence-corrected chi connectivity index (χ0v) is 24.1. The van der Waals surface area contributed by atoms with E-state index in [0.29, 0.717) is 19.4 Å². The Kier molecular flexibility index (Phi) is 10.4. The molecule has 0 saturated carbocycles. The highest BCUT2D eigenvalue weighted by Gasteiger charge is 2.44. The summed E-state index contributed by atoms with van der Waals surface area (Å²) in [5.74, 6) is -0.701. The van der Waals surface area contributed by atoms with E-state index in [4.69, 9.17) is 19.9 Å². The minimum Gasteiger partial charge on any atom is -0.443 e. The molecule has 3 N–H and O–H groups in total. The number of benzene rings is 2. The molecule has 2 aliphatic rings. The van der Waals surface area contributed by atoms with Crippen molar-refractivity contribution in [2.24, 2.45) is 17.6 Å². The van der Waals surface area contributed by atoms with Crippen LogP contribution in [-0.2, 0) is 30.7 Å². The molecular weight excluding hydrogens is 579 g/mol. The molecule has 0 aliphatic carbocycles. The van der Waals surface area contributed by atoms with Crippen LogP contribution in [0, 0.1) is 11.8 Å². The van der Waals surface area contributed by atoms with E-state index < -0.39 is 52.7 Å². The lowest BCUT2D eigenvalue weighted by Crippen LogP contribution is -2.55. The normalized spacial score (nSPS) is 22.1. The number of carbonyl (C=O) groups excluding carboxylic acids is 1. The zero-order valence-electron chi connectivity index (χ0n) is 23.3. The van der Waals surface area contributed by atoms with Crippen LogP contribution in [0.1, 0.15) is 25.8 Å². The Labute approximate surface area is 243 Å². The molecule has 1 amide bonds. The van der Waals surface area contributed by atoms with Gasteiger partial charge in [-0.05, 0) is 48.6 Å². The number of nitrogens with one attached hydrogen (secondary N) is 1. The standard InChI is InChI=1S/C28H36F3N3O7S/c1-18(2)15-34(42(36,37)21-10-8-20(9-11-21)41-28(29,30)31)16-23(32)24(14-19-6-4-3-5-7-19)33-27(35)40-25-17-39-26-22(25)12-13-38-26/h3-11,18,22-26H,12-17,32H2,1-2H3,(H,33,35)/t22-,23+,24-,25-,26+/m0/s1. The number of amides is 1. The van der Waals surface area contributed by atoms with Crippen molar-refractivity contribution >= 4 is 16.1 Å². The van der Waals surface area contributed by atoms with E-state index in [2.05, 4.69) is 10.1 Å². The third kappa shape index (κ3) is 8.57. The van der Waals surface area contributed by atoms with Gasteiger partial charge in [0.05, 0.1) is 30.1 Å². The van der Waals surface area contributed by atoms with E-state index in [9.17, 15) is 26.4 Å². The molecule has 2 fully saturated rings. The second kappa shape index (κ2) is 13.6. The lowest BCUT2D eigenvalue weighted by Gasteiger charge is -2.31. The number of nitrogens with two attached hydrogens (primary N) is 1. The monoisotopic (exact) mass is 615 g/mol. The minimum atomic E-state index is -4.91. The summed E-state index contributed by atoms with van der Waals surface area (Å²) in [5.41, 5.74) is 7.45. The Bertz CT molecular complexity index is 1280. The van der Waals surface area contributed by atoms with E-state index in [1.807, 2.05) is 44.2 Å². The average molecular weight is 616 g/mol. The topological polar surface area (TPSA) is 129 Å². The van der Waals surface area contributed by atoms with Gasteiger partial charge in [0.1, 0.15) is 11.9 Å². The van der Waals surface area contributed by atoms with Gasteiger partial charge in [-0.25, -0.2) is 13.2 Å². The maximum absolute atomic E-state index is 13.6. The largest absolute Gasteiger partial charge is 0.573 e. The van der Waals surface area contributed by atoms with E-state index in [1.165, 1.54) is 4.31 Å². The molecule has 42 heavy (non-hydrogen) atoms. The highest BCUT2D eigenvalue weighted by Crippen LogP contribution is 2.33. The molecule has 0 aromatic heterocycles. The third-order valence-electron chi connectivity index (χ3n) is 7.04. The van der Waals surface area contributed by atoms with E-state index >= 15 is 0 Å². The van der Waals surface area contributed by atoms with Crippen LogP contribution < -0.4 is 15.8 Å². The zero-order chi connectivity index (χ0) is 30.5. The first-order valence-electron chi connectivity index (χ1n) is 13.7. The van der Waals surface area contributed by atoms with Crippen molar-refractivity contribution in [3.8, 4) is 5.75 Å². The fourth-order valence-corrected chi connectivity index (χ4v) is 6.69. The van der Waals surface area contributed by atoms with Crippen LogP contribution >= 0.6 is 0 Å². The molecule has 2 aliphatic heterocycles. The second-order valence-corrected chi connectivity index (χ2v) is 12.7. The highest BCUT2D eigenvalue weighted by molar-refractivity contribution is 7.89. The Morgan fingerprint density at radius 1 is 1.10 bits per heavy atom. The molecule has 4 rings (SSSR count). The molecule has 0 unspecified atom stereocenters. The summed E-state index contributed by atoms with van der Waals surface area (Å²) in [7, 11) is -4.17. The van der Waals surface area contributed by atoms with Crippen molar-refractivity contribution in [1.29, 1.82) is 0 Å². The van der Waals surface area contributed by atoms with Crippen LogP contribution in [0.4, 0.5) is 18.0 Å². The van der Waals surface area contributed by atoms with Crippen LogP contribution in [0.15, 0.2) is 59.5 Å². The Morgan fingerprint density at radius 3 is 2.43 bits per heavy atom. The highest BCUT2D eigenvalue weighted by atomic mass is 32.2. The Balaban J connectivity index is 1.50. The first-order valence-corrected chi connectivity index (χ1v) is 15.1. The van der Waals surface area contributed by atoms with Crippen molar-refractivity contribution in [3.63, 3.8) is 0 Å². The van der Waals surface area contributed by atoms with Crippen LogP contribution in [-0.4, -0.2) is 76.0 Å². The van der Waals surface area contributed by atoms with E-state index in [0.717, 1.165) is 29.8 Å². The number of rotatable bonds is 12. The van der Waals surface area contributed by atoms with Gasteiger partial charge in [0, 0.05) is 19.1 Å². The van der Waals surface area contributed by atoms with Crippen molar-refractivity contribution in [2.45, 2.75) is 62.4 Å². The predicted octanol–water partition coefficient (Wildman–Crippen LogP) is 3.66. The number of hydrogen-bond acceptors (Lipinski definition) is 8. The summed E-state index contributed by atoms with van der Waals surface area (Å²) < 4.78 is 86.7. The molecular formula is C28H36F3N3O7S. The summed E-state index contributed by atoms with van der Waals surface area (Å²) in [6.45, 7) is 4.30. The number of alkyl carbamates (subject to hydrolysis) is 1. The van der Waals surface area contributed by atoms with Gasteiger partial charge in [0.15, 0.2) is 6.29 Å². The number of fused-ring (bicyclic) bond motifs is 1. The van der Waals surface area contributed by atoms with E-state index in [1.54, 1.807) is 0 Å². The fraction of sp³-hybridized carbons (Fsp3) is 0.536. The van der Waals surface area contributed by atoms with Gasteiger partial charge in [-0.15, -0.1) is 13.2 Å². The number of halogens is 3. The number of sulfonamides is 1. The lowest BCUT2D eigenvalue weighted by molar-refractivity contribution is -0.274. The number of alkyl halides is 3. The van der Waals surface area contributed by atoms with Crippen molar-refractivity contribution < 1.29 is 45.3 Å². The molecule has 5 atom stereocenters. The van der Waals surface area contributed by atoms with Gasteiger partial charge in [0.2, 0.25) is 10.0 Å². The maximum atomic E-state index is 13.6. The Morgan fingerprint density at radius 2 is 1.79 bits per heavy atom. The van der Waals surface area contributed by atoms with Crippen molar-refractivity contribution in [3.05, 3.63) is 60.2 Å². The van der Waals surface area contributed by atoms with Gasteiger partial charge < -0.3 is 30.0 Å². The van der Waals surface area contributed by atoms with Gasteiger partial charge in [0.25, 0.3) is 0 Å². The molecule has 10 nitrogen and oxygen atoms in total. The molecule has 2 aromatic carbocycles. The number of carbonyl (C=O) groups is 1. The van der Waals surface area contributed by atoms with Crippen LogP contribution in [0.2, 0.25) is 0 Å². The molecule has 232 valence electrons. The molecule has 0 bridgehead atoms. The summed E-state index contributed by atoms with van der Waals surface area (Å²) >= 11 is 0. The summed E-state index contributed by atoms with van der Waals surface area (Å²) in [6, 6.07) is 11.7. The number of nitrogens with zero attached hydrogens (tertiary/aromatic N) is 1. The van der Waals surface area contributed by atoms with Crippen LogP contribution in [0.25, 0.3) is 0 Å². The average Bonchev–Trinajstić information content (AvgIpc) is 3.53. The summed E-state index contributed by atoms with van der Waals surface area (Å²) in [5, 5.41) is 2.82. The van der Waals surface area contributed by atoms with Crippen molar-refractivity contribution in [2.75, 3.05) is 26.3 Å². The summed E-state index contributed by atoms with van der Waals surface area (Å²) in [4.78, 5) is 12.8. The molecule has 0 spiro atoms. The van der Waals surface area contributed by atoms with Gasteiger partial charge in [-0.3, -0.25) is 0 Å². The molecule has 0 radical (unpaired) electrons. The van der Waals surface area contributed by atoms with Gasteiger partial charge in [-0.2, -0.15) is 4.31 Å².